The van der Waals surface area contributed by atoms with E-state index in [1.54, 1.807) is 0 Å². The summed E-state index contributed by atoms with van der Waals surface area (Å²) >= 11 is 0. The van der Waals surface area contributed by atoms with Gasteiger partial charge in [-0.25, -0.2) is 0 Å². The van der Waals surface area contributed by atoms with Gasteiger partial charge in [-0.3, -0.25) is 0 Å². The number of unbranched alkanes of at least 4 members (excludes halogenated alkanes) is 3. The van der Waals surface area contributed by atoms with Crippen molar-refractivity contribution in [1.29, 1.82) is 0 Å². The van der Waals surface area contributed by atoms with E-state index >= 15 is 0 Å². The minimum Gasteiger partial charge on any atom is -0.309 e. The predicted molar refractivity (Wildman–Crippen MR) is 134 cm³/mol. The minimum absolute atomic E-state index is 1.14. The van der Waals surface area contributed by atoms with Crippen LogP contribution in [0.25, 0.3) is 38.6 Å². The van der Waals surface area contributed by atoms with Crippen LogP contribution >= 0.6 is 0 Å². The maximum Gasteiger partial charge on any atom is 0.0543 e. The molecule has 5 rings (SSSR count). The number of para-hydroxylation sites is 1. The fourth-order valence-electron chi connectivity index (χ4n) is 4.67. The highest BCUT2D eigenvalue weighted by molar-refractivity contribution is 5.96. The van der Waals surface area contributed by atoms with Crippen molar-refractivity contribution >= 4 is 21.7 Å². The molecule has 0 aliphatic rings. The molecule has 0 fully saturated rings. The molecule has 0 atom stereocenters. The molecule has 154 valence electrons. The van der Waals surface area contributed by atoms with Gasteiger partial charge in [-0.05, 0) is 47.6 Å². The van der Waals surface area contributed by atoms with Crippen LogP contribution in [0.5, 0.6) is 0 Å². The summed E-state index contributed by atoms with van der Waals surface area (Å²) in [5.74, 6) is 0. The summed E-state index contributed by atoms with van der Waals surface area (Å²) in [5.41, 5.74) is 6.46. The Bertz CT molecular complexity index is 1310. The highest BCUT2D eigenvalue weighted by atomic mass is 15.1. The molecule has 0 saturated carbocycles. The first-order chi connectivity index (χ1) is 15.3. The summed E-state index contributed by atoms with van der Waals surface area (Å²) in [6.45, 7) is 2.27. The monoisotopic (exact) mass is 404 g/mol. The molecule has 0 aliphatic carbocycles. The van der Waals surface area contributed by atoms with Crippen molar-refractivity contribution in [2.45, 2.75) is 39.0 Å². The summed E-state index contributed by atoms with van der Waals surface area (Å²) in [6.07, 6.45) is 6.29. The first-order valence-electron chi connectivity index (χ1n) is 11.5. The topological polar surface area (TPSA) is 4.93 Å². The number of fused-ring (bicyclic) bond motifs is 2. The van der Waals surface area contributed by atoms with E-state index in [0.717, 1.165) is 6.42 Å². The third-order valence-corrected chi connectivity index (χ3v) is 6.24. The summed E-state index contributed by atoms with van der Waals surface area (Å²) in [4.78, 5) is 0. The zero-order chi connectivity index (χ0) is 21.0. The number of aryl methyl sites for hydroxylation is 1. The average molecular weight is 405 g/mol. The quantitative estimate of drug-likeness (QED) is 0.239. The third-order valence-electron chi connectivity index (χ3n) is 6.24. The van der Waals surface area contributed by atoms with Crippen molar-refractivity contribution in [3.63, 3.8) is 0 Å². The van der Waals surface area contributed by atoms with Crippen molar-refractivity contribution < 1.29 is 0 Å². The molecule has 1 aromatic heterocycles. The zero-order valence-corrected chi connectivity index (χ0v) is 18.2. The number of rotatable bonds is 7. The Kier molecular flexibility index (Phi) is 5.58. The molecule has 0 unspecified atom stereocenters. The lowest BCUT2D eigenvalue weighted by atomic mass is 10.0. The van der Waals surface area contributed by atoms with E-state index in [1.165, 1.54) is 69.9 Å². The van der Waals surface area contributed by atoms with Crippen LogP contribution in [0.1, 0.15) is 38.2 Å². The molecule has 31 heavy (non-hydrogen) atoms. The van der Waals surface area contributed by atoms with Crippen LogP contribution in [-0.4, -0.2) is 4.57 Å². The average Bonchev–Trinajstić information content (AvgIpc) is 3.21. The molecular formula is C30H29N. The number of benzene rings is 4. The van der Waals surface area contributed by atoms with E-state index in [2.05, 4.69) is 109 Å². The minimum atomic E-state index is 1.14. The number of nitrogens with zero attached hydrogens (tertiary/aromatic N) is 1. The molecular weight excluding hydrogens is 375 g/mol. The summed E-state index contributed by atoms with van der Waals surface area (Å²) in [7, 11) is 0. The molecule has 0 radical (unpaired) electrons. The Morgan fingerprint density at radius 1 is 0.645 bits per heavy atom. The van der Waals surface area contributed by atoms with E-state index in [9.17, 15) is 0 Å². The molecule has 5 aromatic rings. The summed E-state index contributed by atoms with van der Waals surface area (Å²) in [6, 6.07) is 35.4. The lowest BCUT2D eigenvalue weighted by molar-refractivity contribution is 0.667. The SMILES string of the molecule is CCCCCCc1cc(-n2c3ccccc3c[13c]2-c2ccccc2)c2ccccc2c1. The normalized spacial score (nSPS) is 11.4. The Morgan fingerprint density at radius 2 is 1.39 bits per heavy atom. The maximum atomic E-state index is 2.46. The van der Waals surface area contributed by atoms with Crippen LogP contribution in [0.3, 0.4) is 0 Å². The highest BCUT2D eigenvalue weighted by Crippen LogP contribution is 2.35. The third kappa shape index (κ3) is 3.88. The second kappa shape index (κ2) is 8.81. The van der Waals surface area contributed by atoms with Gasteiger partial charge < -0.3 is 4.57 Å². The molecule has 0 bridgehead atoms. The largest absolute Gasteiger partial charge is 0.309 e. The highest BCUT2D eigenvalue weighted by Gasteiger charge is 2.15. The molecule has 1 heteroatoms. The number of aromatic nitrogens is 1. The fraction of sp³-hybridized carbons (Fsp3) is 0.200. The van der Waals surface area contributed by atoms with Crippen molar-refractivity contribution in [3.05, 3.63) is 103 Å². The second-order valence-corrected chi connectivity index (χ2v) is 8.44. The van der Waals surface area contributed by atoms with Gasteiger partial charge in [-0.15, -0.1) is 0 Å². The number of hydrogen-bond donors (Lipinski definition) is 0. The van der Waals surface area contributed by atoms with Crippen molar-refractivity contribution in [2.75, 3.05) is 0 Å². The van der Waals surface area contributed by atoms with Crippen LogP contribution in [0.15, 0.2) is 97.1 Å². The van der Waals surface area contributed by atoms with Gasteiger partial charge in [0.25, 0.3) is 0 Å². The van der Waals surface area contributed by atoms with Crippen LogP contribution in [0.2, 0.25) is 0 Å². The Hall–Kier alpha value is -3.32. The molecule has 0 N–H and O–H groups in total. The standard InChI is InChI=1S/C30H29N/c1-2-3-4-6-13-23-20-25-16-9-11-18-27(25)30(21-23)31-28-19-12-10-17-26(28)22-29(31)24-14-7-5-8-15-24/h5,7-12,14-22H,2-4,6,13H2,1H3/i29+1. The summed E-state index contributed by atoms with van der Waals surface area (Å²) in [5, 5.41) is 3.90. The first kappa shape index (κ1) is 19.6. The molecule has 0 amide bonds. The lowest BCUT2D eigenvalue weighted by Gasteiger charge is -2.16. The maximum absolute atomic E-state index is 2.46. The van der Waals surface area contributed by atoms with Crippen LogP contribution in [-0.2, 0) is 6.42 Å². The van der Waals surface area contributed by atoms with Crippen molar-refractivity contribution in [2.24, 2.45) is 0 Å². The Balaban J connectivity index is 1.73. The van der Waals surface area contributed by atoms with Gasteiger partial charge in [0.1, 0.15) is 0 Å². The van der Waals surface area contributed by atoms with Gasteiger partial charge in [0.15, 0.2) is 0 Å². The van der Waals surface area contributed by atoms with Gasteiger partial charge >= 0.3 is 0 Å². The van der Waals surface area contributed by atoms with Crippen molar-refractivity contribution in [3.8, 4) is 16.9 Å². The first-order valence-corrected chi connectivity index (χ1v) is 11.5. The predicted octanol–water partition coefficient (Wildman–Crippen LogP) is 8.57. The lowest BCUT2D eigenvalue weighted by Crippen LogP contribution is -2.00. The van der Waals surface area contributed by atoms with Crippen LogP contribution in [0.4, 0.5) is 0 Å². The molecule has 1 nitrogen and oxygen atoms in total. The molecule has 4 aromatic carbocycles. The smallest absolute Gasteiger partial charge is 0.0543 e. The van der Waals surface area contributed by atoms with Gasteiger partial charge in [0.05, 0.1) is 16.9 Å². The molecule has 0 saturated heterocycles. The zero-order valence-electron chi connectivity index (χ0n) is 18.2. The van der Waals surface area contributed by atoms with Crippen LogP contribution in [0, 0.1) is 0 Å². The summed E-state index contributed by atoms with van der Waals surface area (Å²) < 4.78 is 2.46. The van der Waals surface area contributed by atoms with E-state index in [4.69, 9.17) is 0 Å². The molecule has 1 heterocycles. The van der Waals surface area contributed by atoms with Crippen molar-refractivity contribution in [1.82, 2.24) is 4.57 Å². The molecule has 0 aliphatic heterocycles. The van der Waals surface area contributed by atoms with E-state index in [0.29, 0.717) is 0 Å². The van der Waals surface area contributed by atoms with E-state index < -0.39 is 0 Å². The molecule has 0 spiro atoms. The van der Waals surface area contributed by atoms with Crippen LogP contribution < -0.4 is 0 Å². The van der Waals surface area contributed by atoms with Gasteiger partial charge in [-0.1, -0.05) is 105 Å². The van der Waals surface area contributed by atoms with Gasteiger partial charge in [0.2, 0.25) is 0 Å². The van der Waals surface area contributed by atoms with E-state index in [-0.39, 0.29) is 0 Å². The van der Waals surface area contributed by atoms with Gasteiger partial charge in [0, 0.05) is 10.8 Å². The Labute approximate surface area is 185 Å². The second-order valence-electron chi connectivity index (χ2n) is 8.44. The Morgan fingerprint density at radius 3 is 2.23 bits per heavy atom. The fourth-order valence-corrected chi connectivity index (χ4v) is 4.67. The van der Waals surface area contributed by atoms with Gasteiger partial charge in [-0.2, -0.15) is 0 Å². The van der Waals surface area contributed by atoms with E-state index in [1.807, 2.05) is 0 Å². The number of hydrogen-bond acceptors (Lipinski definition) is 0.